The monoisotopic (exact) mass is 379 g/mol. The van der Waals surface area contributed by atoms with Gasteiger partial charge in [0.1, 0.15) is 11.3 Å². The summed E-state index contributed by atoms with van der Waals surface area (Å²) in [6, 6.07) is 22.0. The normalized spacial score (nSPS) is 10.9. The highest BCUT2D eigenvalue weighted by Crippen LogP contribution is 2.34. The molecular weight excluding hydrogens is 366 g/mol. The van der Waals surface area contributed by atoms with E-state index in [-0.39, 0.29) is 0 Å². The van der Waals surface area contributed by atoms with Gasteiger partial charge >= 0.3 is 0 Å². The lowest BCUT2D eigenvalue weighted by atomic mass is 10.1. The van der Waals surface area contributed by atoms with Crippen LogP contribution in [0.5, 0.6) is 5.75 Å². The van der Waals surface area contributed by atoms with Gasteiger partial charge in [-0.15, -0.1) is 0 Å². The predicted molar refractivity (Wildman–Crippen MR) is 99.1 cm³/mol. The highest BCUT2D eigenvalue weighted by Gasteiger charge is 2.13. The van der Waals surface area contributed by atoms with E-state index in [1.807, 2.05) is 48.5 Å². The summed E-state index contributed by atoms with van der Waals surface area (Å²) in [6.07, 6.45) is 0. The zero-order valence-corrected chi connectivity index (χ0v) is 14.6. The Balaban J connectivity index is 1.85. The molecule has 4 aromatic rings. The van der Waals surface area contributed by atoms with Gasteiger partial charge in [0.15, 0.2) is 5.58 Å². The lowest BCUT2D eigenvalue weighted by Gasteiger charge is -2.02. The van der Waals surface area contributed by atoms with E-state index in [1.54, 1.807) is 7.11 Å². The van der Waals surface area contributed by atoms with Gasteiger partial charge in [-0.2, -0.15) is 0 Å². The van der Waals surface area contributed by atoms with Crippen molar-refractivity contribution in [3.8, 4) is 28.3 Å². The van der Waals surface area contributed by atoms with E-state index < -0.39 is 0 Å². The molecule has 0 saturated carbocycles. The number of rotatable bonds is 3. The molecule has 4 heteroatoms. The van der Waals surface area contributed by atoms with Crippen LogP contribution in [0.15, 0.2) is 75.6 Å². The summed E-state index contributed by atoms with van der Waals surface area (Å²) in [7, 11) is 1.65. The van der Waals surface area contributed by atoms with Crippen molar-refractivity contribution in [2.75, 3.05) is 7.11 Å². The number of aromatic nitrogens is 1. The molecule has 0 N–H and O–H groups in total. The van der Waals surface area contributed by atoms with E-state index in [0.29, 0.717) is 5.89 Å². The number of oxazole rings is 1. The fourth-order valence-electron chi connectivity index (χ4n) is 2.67. The van der Waals surface area contributed by atoms with Gasteiger partial charge in [0.05, 0.1) is 11.6 Å². The highest BCUT2D eigenvalue weighted by molar-refractivity contribution is 9.10. The first-order valence-corrected chi connectivity index (χ1v) is 8.34. The van der Waals surface area contributed by atoms with Crippen LogP contribution in [0.25, 0.3) is 33.7 Å². The molecule has 3 nitrogen and oxygen atoms in total. The van der Waals surface area contributed by atoms with Gasteiger partial charge < -0.3 is 9.15 Å². The summed E-state index contributed by atoms with van der Waals surface area (Å²) in [5, 5.41) is 0. The predicted octanol–water partition coefficient (Wildman–Crippen LogP) is 5.93. The molecule has 0 fully saturated rings. The average Bonchev–Trinajstić information content (AvgIpc) is 3.07. The summed E-state index contributed by atoms with van der Waals surface area (Å²) >= 11 is 3.60. The van der Waals surface area contributed by atoms with Gasteiger partial charge in [-0.25, -0.2) is 4.98 Å². The molecule has 118 valence electrons. The summed E-state index contributed by atoms with van der Waals surface area (Å²) in [4.78, 5) is 4.65. The Hall–Kier alpha value is -2.59. The largest absolute Gasteiger partial charge is 0.497 e. The van der Waals surface area contributed by atoms with Crippen LogP contribution in [-0.2, 0) is 0 Å². The molecule has 0 unspecified atom stereocenters. The maximum Gasteiger partial charge on any atom is 0.227 e. The second kappa shape index (κ2) is 6.13. The summed E-state index contributed by atoms with van der Waals surface area (Å²) < 4.78 is 12.1. The SMILES string of the molecule is COc1cccc(-c2nc3cc(-c4ccccc4)cc(Br)c3o2)c1. The average molecular weight is 380 g/mol. The molecule has 1 heterocycles. The summed E-state index contributed by atoms with van der Waals surface area (Å²) in [5.74, 6) is 1.36. The zero-order chi connectivity index (χ0) is 16.5. The maximum absolute atomic E-state index is 5.96. The van der Waals surface area contributed by atoms with Gasteiger partial charge in [0.2, 0.25) is 5.89 Å². The molecule has 4 rings (SSSR count). The van der Waals surface area contributed by atoms with Crippen molar-refractivity contribution in [2.45, 2.75) is 0 Å². The van der Waals surface area contributed by atoms with Crippen molar-refractivity contribution in [1.29, 1.82) is 0 Å². The first-order chi connectivity index (χ1) is 11.7. The summed E-state index contributed by atoms with van der Waals surface area (Å²) in [6.45, 7) is 0. The molecule has 0 bridgehead atoms. The van der Waals surface area contributed by atoms with Crippen molar-refractivity contribution in [3.05, 3.63) is 71.2 Å². The molecule has 1 aromatic heterocycles. The first-order valence-electron chi connectivity index (χ1n) is 7.54. The van der Waals surface area contributed by atoms with Gasteiger partial charge in [-0.1, -0.05) is 36.4 Å². The van der Waals surface area contributed by atoms with Crippen molar-refractivity contribution in [1.82, 2.24) is 4.98 Å². The minimum atomic E-state index is 0.579. The third-order valence-electron chi connectivity index (χ3n) is 3.87. The third-order valence-corrected chi connectivity index (χ3v) is 4.46. The Bertz CT molecular complexity index is 1010. The lowest BCUT2D eigenvalue weighted by molar-refractivity contribution is 0.415. The molecule has 0 spiro atoms. The molecule has 0 saturated heterocycles. The van der Waals surface area contributed by atoms with E-state index in [0.717, 1.165) is 38.0 Å². The number of ether oxygens (including phenoxy) is 1. The maximum atomic E-state index is 5.96. The van der Waals surface area contributed by atoms with Crippen LogP contribution in [-0.4, -0.2) is 12.1 Å². The van der Waals surface area contributed by atoms with E-state index >= 15 is 0 Å². The standard InChI is InChI=1S/C20H14BrNO2/c1-23-16-9-5-8-14(10-16)20-22-18-12-15(11-17(21)19(18)24-20)13-6-3-2-4-7-13/h2-12H,1H3. The molecule has 24 heavy (non-hydrogen) atoms. The third kappa shape index (κ3) is 2.69. The molecule has 0 amide bonds. The van der Waals surface area contributed by atoms with E-state index in [1.165, 1.54) is 0 Å². The van der Waals surface area contributed by atoms with Crippen LogP contribution in [0, 0.1) is 0 Å². The molecular formula is C20H14BrNO2. The topological polar surface area (TPSA) is 35.3 Å². The zero-order valence-electron chi connectivity index (χ0n) is 13.0. The van der Waals surface area contributed by atoms with Gasteiger partial charge in [-0.05, 0) is 57.4 Å². The quantitative estimate of drug-likeness (QED) is 0.442. The van der Waals surface area contributed by atoms with Crippen LogP contribution in [0.2, 0.25) is 0 Å². The molecule has 3 aromatic carbocycles. The van der Waals surface area contributed by atoms with Gasteiger partial charge in [0.25, 0.3) is 0 Å². The second-order valence-corrected chi connectivity index (χ2v) is 6.28. The van der Waals surface area contributed by atoms with Gasteiger partial charge in [-0.3, -0.25) is 0 Å². The molecule has 0 aliphatic heterocycles. The fraction of sp³-hybridized carbons (Fsp3) is 0.0500. The second-order valence-electron chi connectivity index (χ2n) is 5.42. The molecule has 0 aliphatic rings. The van der Waals surface area contributed by atoms with Crippen LogP contribution >= 0.6 is 15.9 Å². The Morgan fingerprint density at radius 1 is 0.875 bits per heavy atom. The minimum Gasteiger partial charge on any atom is -0.497 e. The Labute approximate surface area is 148 Å². The van der Waals surface area contributed by atoms with Crippen molar-refractivity contribution in [2.24, 2.45) is 0 Å². The van der Waals surface area contributed by atoms with Crippen molar-refractivity contribution >= 4 is 27.0 Å². The number of nitrogens with zero attached hydrogens (tertiary/aromatic N) is 1. The number of halogens is 1. The van der Waals surface area contributed by atoms with Crippen LogP contribution < -0.4 is 4.74 Å². The van der Waals surface area contributed by atoms with Crippen LogP contribution in [0.1, 0.15) is 0 Å². The fourth-order valence-corrected chi connectivity index (χ4v) is 3.20. The number of benzene rings is 3. The number of hydrogen-bond acceptors (Lipinski definition) is 3. The smallest absolute Gasteiger partial charge is 0.227 e. The van der Waals surface area contributed by atoms with E-state index in [9.17, 15) is 0 Å². The number of hydrogen-bond donors (Lipinski definition) is 0. The molecule has 0 aliphatic carbocycles. The van der Waals surface area contributed by atoms with E-state index in [4.69, 9.17) is 9.15 Å². The van der Waals surface area contributed by atoms with Crippen LogP contribution in [0.3, 0.4) is 0 Å². The van der Waals surface area contributed by atoms with Crippen molar-refractivity contribution < 1.29 is 9.15 Å². The number of fused-ring (bicyclic) bond motifs is 1. The van der Waals surface area contributed by atoms with Gasteiger partial charge in [0, 0.05) is 5.56 Å². The Morgan fingerprint density at radius 3 is 2.46 bits per heavy atom. The summed E-state index contributed by atoms with van der Waals surface area (Å²) in [5.41, 5.74) is 4.69. The number of methoxy groups -OCH3 is 1. The molecule has 0 radical (unpaired) electrons. The minimum absolute atomic E-state index is 0.579. The van der Waals surface area contributed by atoms with Crippen LogP contribution in [0.4, 0.5) is 0 Å². The molecule has 0 atom stereocenters. The lowest BCUT2D eigenvalue weighted by Crippen LogP contribution is -1.83. The van der Waals surface area contributed by atoms with Crippen molar-refractivity contribution in [3.63, 3.8) is 0 Å². The Kier molecular flexibility index (Phi) is 3.82. The first kappa shape index (κ1) is 15.0. The highest BCUT2D eigenvalue weighted by atomic mass is 79.9. The van der Waals surface area contributed by atoms with E-state index in [2.05, 4.69) is 39.1 Å². The Morgan fingerprint density at radius 2 is 1.67 bits per heavy atom.